The minimum absolute atomic E-state index is 0.111. The largest absolute Gasteiger partial charge is 0.373 e. The lowest BCUT2D eigenvalue weighted by Gasteiger charge is -2.34. The molecule has 1 N–H and O–H groups in total. The highest BCUT2D eigenvalue weighted by Gasteiger charge is 2.18. The number of amides is 1. The summed E-state index contributed by atoms with van der Waals surface area (Å²) in [4.78, 5) is 24.8. The molecule has 0 bridgehead atoms. The average Bonchev–Trinajstić information content (AvgIpc) is 2.72. The topological polar surface area (TPSA) is 85.2 Å². The summed E-state index contributed by atoms with van der Waals surface area (Å²) in [6, 6.07) is 11.5. The van der Waals surface area contributed by atoms with Gasteiger partial charge in [-0.05, 0) is 23.8 Å². The van der Waals surface area contributed by atoms with Gasteiger partial charge in [-0.1, -0.05) is 12.1 Å². The van der Waals surface area contributed by atoms with Gasteiger partial charge in [-0.25, -0.2) is 4.98 Å². The number of nitrogens with one attached hydrogen (secondary N) is 1. The number of aromatic nitrogens is 2. The molecular weight excluding hydrogens is 328 g/mol. The van der Waals surface area contributed by atoms with Crippen molar-refractivity contribution in [2.24, 2.45) is 0 Å². The molecule has 0 radical (unpaired) electrons. The standard InChI is InChI=1S/C19H20N6O/c20-12-17(19(26)23-14-16-4-3-6-21-13-16)15-24-8-10-25(11-9-24)18-5-1-2-7-22-18/h1-7,13,15H,8-11,14H2,(H,23,26)/b17-15-. The number of pyridine rings is 2. The average molecular weight is 348 g/mol. The maximum absolute atomic E-state index is 12.2. The van der Waals surface area contributed by atoms with Gasteiger partial charge in [0.15, 0.2) is 0 Å². The highest BCUT2D eigenvalue weighted by molar-refractivity contribution is 5.97. The summed E-state index contributed by atoms with van der Waals surface area (Å²) in [6.45, 7) is 3.40. The van der Waals surface area contributed by atoms with Gasteiger partial charge in [0, 0.05) is 57.5 Å². The Morgan fingerprint density at radius 3 is 2.69 bits per heavy atom. The number of rotatable bonds is 5. The number of nitriles is 1. The fraction of sp³-hybridized carbons (Fsp3) is 0.263. The molecule has 0 spiro atoms. The van der Waals surface area contributed by atoms with Crippen molar-refractivity contribution in [3.05, 3.63) is 66.3 Å². The van der Waals surface area contributed by atoms with Gasteiger partial charge in [0.25, 0.3) is 5.91 Å². The van der Waals surface area contributed by atoms with E-state index in [1.165, 1.54) is 0 Å². The van der Waals surface area contributed by atoms with Gasteiger partial charge in [0.2, 0.25) is 0 Å². The molecule has 1 fully saturated rings. The van der Waals surface area contributed by atoms with Crippen molar-refractivity contribution in [2.45, 2.75) is 6.54 Å². The first-order chi connectivity index (χ1) is 12.8. The monoisotopic (exact) mass is 348 g/mol. The fourth-order valence-electron chi connectivity index (χ4n) is 2.72. The summed E-state index contributed by atoms with van der Waals surface area (Å²) in [5.41, 5.74) is 1.00. The van der Waals surface area contributed by atoms with Gasteiger partial charge in [0.05, 0.1) is 0 Å². The summed E-state index contributed by atoms with van der Waals surface area (Å²) < 4.78 is 0. The minimum Gasteiger partial charge on any atom is -0.373 e. The van der Waals surface area contributed by atoms with E-state index in [4.69, 9.17) is 0 Å². The molecule has 1 saturated heterocycles. The molecule has 2 aromatic rings. The lowest BCUT2D eigenvalue weighted by atomic mass is 10.2. The second-order valence-electron chi connectivity index (χ2n) is 5.91. The normalized spacial score (nSPS) is 14.7. The van der Waals surface area contributed by atoms with Crippen LogP contribution in [0.2, 0.25) is 0 Å². The van der Waals surface area contributed by atoms with Crippen LogP contribution < -0.4 is 10.2 Å². The van der Waals surface area contributed by atoms with Crippen LogP contribution in [0.15, 0.2) is 60.7 Å². The Bertz CT molecular complexity index is 792. The van der Waals surface area contributed by atoms with Crippen LogP contribution >= 0.6 is 0 Å². The van der Waals surface area contributed by atoms with E-state index in [1.54, 1.807) is 24.8 Å². The van der Waals surface area contributed by atoms with Crippen molar-refractivity contribution in [1.82, 2.24) is 20.2 Å². The molecule has 132 valence electrons. The first-order valence-corrected chi connectivity index (χ1v) is 8.45. The van der Waals surface area contributed by atoms with E-state index >= 15 is 0 Å². The number of hydrogen-bond acceptors (Lipinski definition) is 6. The van der Waals surface area contributed by atoms with Crippen LogP contribution in [-0.2, 0) is 11.3 Å². The molecule has 7 nitrogen and oxygen atoms in total. The number of carbonyl (C=O) groups excluding carboxylic acids is 1. The molecule has 1 aliphatic rings. The SMILES string of the molecule is N#C/C(=C/N1CCN(c2ccccn2)CC1)C(=O)NCc1cccnc1. The Kier molecular flexibility index (Phi) is 5.78. The Morgan fingerprint density at radius 1 is 1.19 bits per heavy atom. The lowest BCUT2D eigenvalue weighted by molar-refractivity contribution is -0.117. The van der Waals surface area contributed by atoms with E-state index in [-0.39, 0.29) is 11.5 Å². The van der Waals surface area contributed by atoms with E-state index in [9.17, 15) is 10.1 Å². The van der Waals surface area contributed by atoms with Crippen molar-refractivity contribution < 1.29 is 4.79 Å². The number of anilines is 1. The zero-order valence-corrected chi connectivity index (χ0v) is 14.4. The van der Waals surface area contributed by atoms with Crippen molar-refractivity contribution in [3.8, 4) is 6.07 Å². The third-order valence-corrected chi connectivity index (χ3v) is 4.14. The molecule has 2 aromatic heterocycles. The van der Waals surface area contributed by atoms with Gasteiger partial charge in [-0.2, -0.15) is 5.26 Å². The lowest BCUT2D eigenvalue weighted by Crippen LogP contribution is -2.44. The van der Waals surface area contributed by atoms with Crippen LogP contribution in [0.5, 0.6) is 0 Å². The van der Waals surface area contributed by atoms with Gasteiger partial charge in [-0.15, -0.1) is 0 Å². The zero-order chi connectivity index (χ0) is 18.2. The summed E-state index contributed by atoms with van der Waals surface area (Å²) in [5.74, 6) is 0.578. The van der Waals surface area contributed by atoms with Crippen molar-refractivity contribution >= 4 is 11.7 Å². The molecular formula is C19H20N6O. The van der Waals surface area contributed by atoms with Crippen LogP contribution in [0.1, 0.15) is 5.56 Å². The van der Waals surface area contributed by atoms with Crippen molar-refractivity contribution in [3.63, 3.8) is 0 Å². The molecule has 0 atom stereocenters. The molecule has 0 unspecified atom stereocenters. The van der Waals surface area contributed by atoms with E-state index in [1.807, 2.05) is 41.3 Å². The summed E-state index contributed by atoms with van der Waals surface area (Å²) >= 11 is 0. The first kappa shape index (κ1) is 17.4. The van der Waals surface area contributed by atoms with Gasteiger partial charge < -0.3 is 15.1 Å². The molecule has 7 heteroatoms. The quantitative estimate of drug-likeness (QED) is 0.648. The highest BCUT2D eigenvalue weighted by Crippen LogP contribution is 2.13. The molecule has 3 heterocycles. The van der Waals surface area contributed by atoms with E-state index < -0.39 is 0 Å². The smallest absolute Gasteiger partial charge is 0.263 e. The van der Waals surface area contributed by atoms with Crippen LogP contribution in [-0.4, -0.2) is 47.0 Å². The fourth-order valence-corrected chi connectivity index (χ4v) is 2.72. The first-order valence-electron chi connectivity index (χ1n) is 8.45. The predicted octanol–water partition coefficient (Wildman–Crippen LogP) is 1.32. The van der Waals surface area contributed by atoms with Crippen molar-refractivity contribution in [2.75, 3.05) is 31.1 Å². The van der Waals surface area contributed by atoms with E-state index in [2.05, 4.69) is 20.2 Å². The molecule has 1 aliphatic heterocycles. The third-order valence-electron chi connectivity index (χ3n) is 4.14. The van der Waals surface area contributed by atoms with Crippen LogP contribution in [0.3, 0.4) is 0 Å². The van der Waals surface area contributed by atoms with Crippen LogP contribution in [0.25, 0.3) is 0 Å². The molecule has 1 amide bonds. The van der Waals surface area contributed by atoms with Gasteiger partial charge in [0.1, 0.15) is 17.5 Å². The second kappa shape index (κ2) is 8.62. The van der Waals surface area contributed by atoms with E-state index in [0.29, 0.717) is 6.54 Å². The number of hydrogen-bond donors (Lipinski definition) is 1. The van der Waals surface area contributed by atoms with Crippen LogP contribution in [0, 0.1) is 11.3 Å². The Balaban J connectivity index is 1.54. The zero-order valence-electron chi connectivity index (χ0n) is 14.4. The molecule has 3 rings (SSSR count). The van der Waals surface area contributed by atoms with Gasteiger partial charge >= 0.3 is 0 Å². The summed E-state index contributed by atoms with van der Waals surface area (Å²) in [5, 5.41) is 12.1. The Morgan fingerprint density at radius 2 is 2.04 bits per heavy atom. The highest BCUT2D eigenvalue weighted by atomic mass is 16.1. The minimum atomic E-state index is -0.372. The van der Waals surface area contributed by atoms with Crippen molar-refractivity contribution in [1.29, 1.82) is 5.26 Å². The number of carbonyl (C=O) groups is 1. The maximum atomic E-state index is 12.2. The number of nitrogens with zero attached hydrogens (tertiary/aromatic N) is 5. The third kappa shape index (κ3) is 4.57. The predicted molar refractivity (Wildman–Crippen MR) is 97.8 cm³/mol. The van der Waals surface area contributed by atoms with Crippen LogP contribution in [0.4, 0.5) is 5.82 Å². The Hall–Kier alpha value is -3.40. The summed E-state index contributed by atoms with van der Waals surface area (Å²) in [6.07, 6.45) is 6.79. The molecule has 0 aromatic carbocycles. The summed E-state index contributed by atoms with van der Waals surface area (Å²) in [7, 11) is 0. The number of piperazine rings is 1. The van der Waals surface area contributed by atoms with Gasteiger partial charge in [-0.3, -0.25) is 9.78 Å². The molecule has 0 aliphatic carbocycles. The second-order valence-corrected chi connectivity index (χ2v) is 5.91. The Labute approximate surface area is 152 Å². The maximum Gasteiger partial charge on any atom is 0.263 e. The van der Waals surface area contributed by atoms with E-state index in [0.717, 1.165) is 37.6 Å². The molecule has 0 saturated carbocycles. The molecule has 26 heavy (non-hydrogen) atoms.